The molecule has 9 nitrogen and oxygen atoms in total. The molecule has 5 rings (SSSR count). The van der Waals surface area contributed by atoms with Gasteiger partial charge in [-0.05, 0) is 69.1 Å². The summed E-state index contributed by atoms with van der Waals surface area (Å²) in [6.45, 7) is 1.45. The lowest BCUT2D eigenvalue weighted by atomic mass is 9.68. The lowest BCUT2D eigenvalue weighted by Gasteiger charge is -2.44. The molecule has 0 unspecified atom stereocenters. The molecule has 2 aromatic rings. The zero-order valence-electron chi connectivity index (χ0n) is 24.8. The van der Waals surface area contributed by atoms with E-state index in [4.69, 9.17) is 22.1 Å². The first-order valence-electron chi connectivity index (χ1n) is 14.7. The van der Waals surface area contributed by atoms with Crippen LogP contribution in [0, 0.1) is 0 Å². The van der Waals surface area contributed by atoms with Crippen LogP contribution >= 0.6 is 11.6 Å². The molecule has 1 atom stereocenters. The topological polar surface area (TPSA) is 108 Å². The lowest BCUT2D eigenvalue weighted by molar-refractivity contribution is -0.142. The molecule has 3 aliphatic heterocycles. The van der Waals surface area contributed by atoms with Crippen LogP contribution in [-0.4, -0.2) is 85.0 Å². The van der Waals surface area contributed by atoms with Gasteiger partial charge in [0.15, 0.2) is 6.10 Å². The number of amides is 3. The summed E-state index contributed by atoms with van der Waals surface area (Å²) < 4.78 is 46.8. The number of nitrogens with two attached hydrogens (primary N) is 1. The van der Waals surface area contributed by atoms with Crippen LogP contribution in [0.15, 0.2) is 36.4 Å². The number of para-hydroxylation sites is 1. The Morgan fingerprint density at radius 2 is 1.77 bits per heavy atom. The van der Waals surface area contributed by atoms with Gasteiger partial charge >= 0.3 is 12.3 Å². The van der Waals surface area contributed by atoms with Crippen LogP contribution in [0.3, 0.4) is 0 Å². The van der Waals surface area contributed by atoms with Crippen molar-refractivity contribution in [3.63, 3.8) is 0 Å². The molecule has 0 radical (unpaired) electrons. The van der Waals surface area contributed by atoms with E-state index in [1.165, 1.54) is 11.0 Å². The Bertz CT molecular complexity index is 1420. The van der Waals surface area contributed by atoms with E-state index < -0.39 is 40.9 Å². The molecular weight excluding hydrogens is 599 g/mol. The Hall–Kier alpha value is -3.51. The molecule has 3 heterocycles. The fraction of sp³-hybridized carbons (Fsp3) is 0.516. The highest BCUT2D eigenvalue weighted by Gasteiger charge is 2.44. The van der Waals surface area contributed by atoms with Crippen molar-refractivity contribution >= 4 is 40.9 Å². The average Bonchev–Trinajstić information content (AvgIpc) is 2.98. The Balaban J connectivity index is 1.34. The summed E-state index contributed by atoms with van der Waals surface area (Å²) in [6, 6.07) is 10.0. The number of carbonyl (C=O) groups is 3. The summed E-state index contributed by atoms with van der Waals surface area (Å²) in [4.78, 5) is 44.9. The minimum Gasteiger partial charge on any atom is -0.436 e. The molecule has 2 aromatic carbocycles. The van der Waals surface area contributed by atoms with Crippen molar-refractivity contribution in [2.75, 3.05) is 51.3 Å². The fourth-order valence-electron chi connectivity index (χ4n) is 6.64. The first-order valence-corrected chi connectivity index (χ1v) is 15.1. The van der Waals surface area contributed by atoms with E-state index >= 15 is 0 Å². The highest BCUT2D eigenvalue weighted by molar-refractivity contribution is 6.33. The van der Waals surface area contributed by atoms with Gasteiger partial charge in [-0.15, -0.1) is 0 Å². The number of piperidine rings is 2. The van der Waals surface area contributed by atoms with Gasteiger partial charge in [0.05, 0.1) is 16.3 Å². The average molecular weight is 636 g/mol. The van der Waals surface area contributed by atoms with Crippen LogP contribution in [0.25, 0.3) is 0 Å². The summed E-state index contributed by atoms with van der Waals surface area (Å²) in [6.07, 6.45) is -4.38. The van der Waals surface area contributed by atoms with Gasteiger partial charge < -0.3 is 30.5 Å². The highest BCUT2D eigenvalue weighted by Crippen LogP contribution is 2.45. The van der Waals surface area contributed by atoms with Crippen LogP contribution < -0.4 is 11.1 Å². The number of nitrogens with one attached hydrogen (secondary N) is 1. The predicted octanol–water partition coefficient (Wildman–Crippen LogP) is 4.92. The zero-order valence-corrected chi connectivity index (χ0v) is 25.5. The number of anilines is 2. The van der Waals surface area contributed by atoms with E-state index in [0.29, 0.717) is 58.3 Å². The largest absolute Gasteiger partial charge is 0.436 e. The van der Waals surface area contributed by atoms with E-state index in [-0.39, 0.29) is 29.0 Å². The summed E-state index contributed by atoms with van der Waals surface area (Å²) in [7, 11) is 3.94. The number of fused-ring (bicyclic) bond motifs is 2. The second kappa shape index (κ2) is 12.5. The number of nitrogen functional groups attached to an aromatic ring is 1. The van der Waals surface area contributed by atoms with Crippen molar-refractivity contribution < 1.29 is 32.3 Å². The summed E-state index contributed by atoms with van der Waals surface area (Å²) in [5.74, 6) is -0.549. The molecule has 3 amide bonds. The van der Waals surface area contributed by atoms with Crippen molar-refractivity contribution in [3.8, 4) is 0 Å². The number of rotatable bonds is 5. The number of halogens is 4. The Morgan fingerprint density at radius 1 is 1.11 bits per heavy atom. The number of hydrogen-bond acceptors (Lipinski definition) is 6. The van der Waals surface area contributed by atoms with Crippen molar-refractivity contribution in [1.29, 1.82) is 0 Å². The minimum absolute atomic E-state index is 0.0771. The first-order chi connectivity index (χ1) is 20.8. The van der Waals surface area contributed by atoms with Gasteiger partial charge in [0.1, 0.15) is 0 Å². The van der Waals surface area contributed by atoms with Crippen molar-refractivity contribution in [3.05, 3.63) is 58.1 Å². The Labute approximate surface area is 259 Å². The third kappa shape index (κ3) is 6.61. The lowest BCUT2D eigenvalue weighted by Crippen LogP contribution is -2.52. The van der Waals surface area contributed by atoms with Crippen LogP contribution in [-0.2, 0) is 32.3 Å². The molecule has 0 aliphatic carbocycles. The quantitative estimate of drug-likeness (QED) is 0.452. The number of alkyl halides is 3. The van der Waals surface area contributed by atoms with Crippen molar-refractivity contribution in [2.45, 2.75) is 62.3 Å². The van der Waals surface area contributed by atoms with Gasteiger partial charge in [0, 0.05) is 56.2 Å². The second-order valence-corrected chi connectivity index (χ2v) is 12.6. The number of nitrogens with zero attached hydrogens (tertiary/aromatic N) is 3. The molecule has 0 saturated carbocycles. The van der Waals surface area contributed by atoms with Crippen LogP contribution in [0.1, 0.15) is 48.8 Å². The normalized spacial score (nSPS) is 19.5. The molecule has 2 saturated heterocycles. The number of hydrogen-bond donors (Lipinski definition) is 2. The molecular formula is C31H37ClF3N5O4. The van der Waals surface area contributed by atoms with E-state index in [1.54, 1.807) is 4.90 Å². The van der Waals surface area contributed by atoms with Gasteiger partial charge in [0.25, 0.3) is 5.91 Å². The van der Waals surface area contributed by atoms with Crippen molar-refractivity contribution in [2.24, 2.45) is 0 Å². The maximum absolute atomic E-state index is 13.7. The molecule has 1 spiro atoms. The minimum atomic E-state index is -4.76. The van der Waals surface area contributed by atoms with E-state index in [1.807, 2.05) is 38.4 Å². The highest BCUT2D eigenvalue weighted by atomic mass is 35.5. The molecule has 3 aliphatic rings. The fourth-order valence-corrected chi connectivity index (χ4v) is 6.88. The molecule has 0 bridgehead atoms. The van der Waals surface area contributed by atoms with Gasteiger partial charge in [0.2, 0.25) is 5.91 Å². The maximum Gasteiger partial charge on any atom is 0.418 e. The van der Waals surface area contributed by atoms with Gasteiger partial charge in [-0.25, -0.2) is 4.79 Å². The van der Waals surface area contributed by atoms with Crippen LogP contribution in [0.2, 0.25) is 5.02 Å². The summed E-state index contributed by atoms with van der Waals surface area (Å²) >= 11 is 6.06. The summed E-state index contributed by atoms with van der Waals surface area (Å²) in [5, 5.41) is 2.62. The second-order valence-electron chi connectivity index (χ2n) is 12.2. The van der Waals surface area contributed by atoms with Gasteiger partial charge in [-0.2, -0.15) is 13.2 Å². The van der Waals surface area contributed by atoms with Gasteiger partial charge in [-0.1, -0.05) is 29.8 Å². The number of carbonyl (C=O) groups excluding carboxylic acids is 3. The van der Waals surface area contributed by atoms with Crippen LogP contribution in [0.5, 0.6) is 0 Å². The zero-order chi connectivity index (χ0) is 31.8. The monoisotopic (exact) mass is 635 g/mol. The molecule has 2 fully saturated rings. The van der Waals surface area contributed by atoms with E-state index in [0.717, 1.165) is 17.3 Å². The number of benzene rings is 2. The van der Waals surface area contributed by atoms with E-state index in [9.17, 15) is 27.6 Å². The number of likely N-dealkylation sites (tertiary alicyclic amines) is 2. The Kier molecular flexibility index (Phi) is 9.04. The smallest absolute Gasteiger partial charge is 0.418 e. The Morgan fingerprint density at radius 3 is 2.41 bits per heavy atom. The van der Waals surface area contributed by atoms with E-state index in [2.05, 4.69) is 10.2 Å². The molecule has 44 heavy (non-hydrogen) atoms. The molecule has 13 heteroatoms. The number of ether oxygens (including phenoxy) is 1. The third-order valence-electron chi connectivity index (χ3n) is 9.19. The molecule has 238 valence electrons. The maximum atomic E-state index is 13.7. The SMILES string of the molecule is CN(C)C1CCN(C(=O)[C@@H](Cc2cc(Cl)c(N)c(C(F)(F)F)c2)OC(=O)N2CCC3(CC2)CC(=O)Nc2ccccc23)CC1. The third-order valence-corrected chi connectivity index (χ3v) is 9.50. The summed E-state index contributed by atoms with van der Waals surface area (Å²) in [5.41, 5.74) is 5.35. The first kappa shape index (κ1) is 31.9. The molecule has 3 N–H and O–H groups in total. The van der Waals surface area contributed by atoms with Crippen LogP contribution in [0.4, 0.5) is 29.3 Å². The molecule has 0 aromatic heterocycles. The predicted molar refractivity (Wildman–Crippen MR) is 160 cm³/mol. The van der Waals surface area contributed by atoms with Crippen molar-refractivity contribution in [1.82, 2.24) is 14.7 Å². The standard InChI is InChI=1S/C31H37ClF3N5O4/c1-38(2)20-7-11-39(12-8-20)28(42)25(17-19-15-22(31(33,34)35)27(36)23(32)16-19)44-29(43)40-13-9-30(10-14-40)18-26(41)37-24-6-4-3-5-21(24)30/h3-6,15-16,20,25H,7-14,17-18,36H2,1-2H3,(H,37,41)/t25-/m1/s1. The van der Waals surface area contributed by atoms with Gasteiger partial charge in [-0.3, -0.25) is 9.59 Å².